The minimum Gasteiger partial charge on any atom is -0.459 e. The molecule has 2 heterocycles. The highest BCUT2D eigenvalue weighted by Crippen LogP contribution is 2.12. The SMILES string of the molecule is CN=C(NCc1ccc([N+](=O)[O-])cc1)N1CCN(C(=O)c2ccco2)CC1. The van der Waals surface area contributed by atoms with Crippen molar-refractivity contribution in [1.82, 2.24) is 15.1 Å². The molecule has 1 fully saturated rings. The van der Waals surface area contributed by atoms with Crippen LogP contribution in [0.15, 0.2) is 52.1 Å². The number of nitro benzene ring substituents is 1. The summed E-state index contributed by atoms with van der Waals surface area (Å²) in [6.45, 7) is 2.99. The van der Waals surface area contributed by atoms with Crippen molar-refractivity contribution in [3.63, 3.8) is 0 Å². The summed E-state index contributed by atoms with van der Waals surface area (Å²) in [5.74, 6) is 0.982. The number of nitrogens with one attached hydrogen (secondary N) is 1. The summed E-state index contributed by atoms with van der Waals surface area (Å²) >= 11 is 0. The van der Waals surface area contributed by atoms with Gasteiger partial charge in [0.2, 0.25) is 0 Å². The Balaban J connectivity index is 1.51. The largest absolute Gasteiger partial charge is 0.459 e. The van der Waals surface area contributed by atoms with Crippen molar-refractivity contribution in [3.05, 3.63) is 64.1 Å². The van der Waals surface area contributed by atoms with Crippen molar-refractivity contribution < 1.29 is 14.1 Å². The van der Waals surface area contributed by atoms with E-state index in [1.807, 2.05) is 0 Å². The second-order valence-corrected chi connectivity index (χ2v) is 6.08. The Morgan fingerprint density at radius 2 is 1.85 bits per heavy atom. The van der Waals surface area contributed by atoms with E-state index in [1.165, 1.54) is 18.4 Å². The third kappa shape index (κ3) is 4.43. The number of nitrogens with zero attached hydrogens (tertiary/aromatic N) is 4. The van der Waals surface area contributed by atoms with Gasteiger partial charge in [0.05, 0.1) is 11.2 Å². The lowest BCUT2D eigenvalue weighted by Crippen LogP contribution is -2.53. The lowest BCUT2D eigenvalue weighted by Gasteiger charge is -2.36. The van der Waals surface area contributed by atoms with E-state index >= 15 is 0 Å². The molecule has 1 aromatic carbocycles. The number of furan rings is 1. The Kier molecular flexibility index (Phi) is 5.70. The standard InChI is InChI=1S/C18H21N5O4/c1-19-18(20-13-14-4-6-15(7-5-14)23(25)26)22-10-8-21(9-11-22)17(24)16-3-2-12-27-16/h2-7,12H,8-11,13H2,1H3,(H,19,20). The van der Waals surface area contributed by atoms with Crippen LogP contribution in [0.3, 0.4) is 0 Å². The van der Waals surface area contributed by atoms with Crippen molar-refractivity contribution in [2.45, 2.75) is 6.54 Å². The third-order valence-electron chi connectivity index (χ3n) is 4.41. The average Bonchev–Trinajstić information content (AvgIpc) is 3.23. The number of piperazine rings is 1. The van der Waals surface area contributed by atoms with E-state index in [-0.39, 0.29) is 11.6 Å². The van der Waals surface area contributed by atoms with Crippen molar-refractivity contribution in [2.75, 3.05) is 33.2 Å². The fraction of sp³-hybridized carbons (Fsp3) is 0.333. The van der Waals surface area contributed by atoms with Gasteiger partial charge in [-0.25, -0.2) is 0 Å². The van der Waals surface area contributed by atoms with Crippen molar-refractivity contribution in [1.29, 1.82) is 0 Å². The highest BCUT2D eigenvalue weighted by atomic mass is 16.6. The van der Waals surface area contributed by atoms with Crippen LogP contribution in [0, 0.1) is 10.1 Å². The Hall–Kier alpha value is -3.36. The molecule has 1 aromatic heterocycles. The monoisotopic (exact) mass is 371 g/mol. The van der Waals surface area contributed by atoms with Crippen LogP contribution in [-0.2, 0) is 6.54 Å². The number of hydrogen-bond donors (Lipinski definition) is 1. The van der Waals surface area contributed by atoms with E-state index in [0.717, 1.165) is 11.5 Å². The molecule has 0 aliphatic carbocycles. The quantitative estimate of drug-likeness (QED) is 0.380. The molecule has 1 amide bonds. The van der Waals surface area contributed by atoms with E-state index < -0.39 is 4.92 Å². The number of hydrogen-bond acceptors (Lipinski definition) is 5. The molecule has 1 aliphatic rings. The minimum atomic E-state index is -0.417. The van der Waals surface area contributed by atoms with Gasteiger partial charge in [0.25, 0.3) is 11.6 Å². The number of benzene rings is 1. The van der Waals surface area contributed by atoms with Gasteiger partial charge in [-0.2, -0.15) is 0 Å². The Labute approximate surface area is 156 Å². The van der Waals surface area contributed by atoms with Gasteiger partial charge in [-0.3, -0.25) is 19.9 Å². The zero-order chi connectivity index (χ0) is 19.2. The first kappa shape index (κ1) is 18.4. The molecule has 142 valence electrons. The number of non-ortho nitro benzene ring substituents is 1. The number of carbonyl (C=O) groups is 1. The summed E-state index contributed by atoms with van der Waals surface area (Å²) in [5, 5.41) is 14.0. The first-order valence-corrected chi connectivity index (χ1v) is 8.60. The van der Waals surface area contributed by atoms with Gasteiger partial charge in [0, 0.05) is 51.9 Å². The van der Waals surface area contributed by atoms with Crippen LogP contribution < -0.4 is 5.32 Å². The summed E-state index contributed by atoms with van der Waals surface area (Å²) in [7, 11) is 1.71. The van der Waals surface area contributed by atoms with Crippen LogP contribution in [0.2, 0.25) is 0 Å². The van der Waals surface area contributed by atoms with Gasteiger partial charge in [0.1, 0.15) is 0 Å². The first-order valence-electron chi connectivity index (χ1n) is 8.60. The van der Waals surface area contributed by atoms with E-state index in [9.17, 15) is 14.9 Å². The predicted molar refractivity (Wildman–Crippen MR) is 99.5 cm³/mol. The van der Waals surface area contributed by atoms with Crippen LogP contribution in [0.25, 0.3) is 0 Å². The molecule has 27 heavy (non-hydrogen) atoms. The maximum Gasteiger partial charge on any atom is 0.289 e. The fourth-order valence-corrected chi connectivity index (χ4v) is 2.93. The second-order valence-electron chi connectivity index (χ2n) is 6.08. The lowest BCUT2D eigenvalue weighted by atomic mass is 10.2. The Bertz CT molecular complexity index is 809. The number of carbonyl (C=O) groups excluding carboxylic acids is 1. The molecule has 3 rings (SSSR count). The van der Waals surface area contributed by atoms with Crippen LogP contribution in [0.5, 0.6) is 0 Å². The van der Waals surface area contributed by atoms with E-state index in [2.05, 4.69) is 15.2 Å². The van der Waals surface area contributed by atoms with Gasteiger partial charge in [-0.05, 0) is 17.7 Å². The molecule has 1 saturated heterocycles. The molecule has 0 bridgehead atoms. The molecule has 2 aromatic rings. The molecule has 1 N–H and O–H groups in total. The maximum atomic E-state index is 12.3. The summed E-state index contributed by atoms with van der Waals surface area (Å²) in [4.78, 5) is 30.7. The van der Waals surface area contributed by atoms with E-state index in [4.69, 9.17) is 4.42 Å². The molecular weight excluding hydrogens is 350 g/mol. The lowest BCUT2D eigenvalue weighted by molar-refractivity contribution is -0.384. The Morgan fingerprint density at radius 1 is 1.19 bits per heavy atom. The summed E-state index contributed by atoms with van der Waals surface area (Å²) < 4.78 is 5.17. The number of rotatable bonds is 4. The molecule has 9 nitrogen and oxygen atoms in total. The second kappa shape index (κ2) is 8.35. The molecule has 0 saturated carbocycles. The molecule has 0 spiro atoms. The predicted octanol–water partition coefficient (Wildman–Crippen LogP) is 1.72. The average molecular weight is 371 g/mol. The fourth-order valence-electron chi connectivity index (χ4n) is 2.93. The number of amides is 1. The van der Waals surface area contributed by atoms with Gasteiger partial charge in [0.15, 0.2) is 11.7 Å². The maximum absolute atomic E-state index is 12.3. The molecular formula is C18H21N5O4. The van der Waals surface area contributed by atoms with E-state index in [1.54, 1.807) is 36.2 Å². The van der Waals surface area contributed by atoms with Crippen molar-refractivity contribution in [2.24, 2.45) is 4.99 Å². The van der Waals surface area contributed by atoms with Crippen molar-refractivity contribution >= 4 is 17.6 Å². The number of nitro groups is 1. The highest BCUT2D eigenvalue weighted by molar-refractivity contribution is 5.91. The van der Waals surface area contributed by atoms with Gasteiger partial charge in [-0.1, -0.05) is 12.1 Å². The molecule has 9 heteroatoms. The third-order valence-corrected chi connectivity index (χ3v) is 4.41. The normalized spacial score (nSPS) is 14.9. The van der Waals surface area contributed by atoms with Gasteiger partial charge in [-0.15, -0.1) is 0 Å². The molecule has 0 unspecified atom stereocenters. The molecule has 0 radical (unpaired) electrons. The molecule has 1 aliphatic heterocycles. The van der Waals surface area contributed by atoms with Gasteiger partial charge < -0.3 is 19.5 Å². The molecule has 0 atom stereocenters. The number of guanidine groups is 1. The summed E-state index contributed by atoms with van der Waals surface area (Å²) in [6.07, 6.45) is 1.49. The van der Waals surface area contributed by atoms with Crippen LogP contribution in [0.1, 0.15) is 16.1 Å². The van der Waals surface area contributed by atoms with Gasteiger partial charge >= 0.3 is 0 Å². The van der Waals surface area contributed by atoms with Crippen LogP contribution in [0.4, 0.5) is 5.69 Å². The summed E-state index contributed by atoms with van der Waals surface area (Å²) in [5.41, 5.74) is 0.994. The highest BCUT2D eigenvalue weighted by Gasteiger charge is 2.25. The van der Waals surface area contributed by atoms with Crippen molar-refractivity contribution in [3.8, 4) is 0 Å². The van der Waals surface area contributed by atoms with Crippen LogP contribution >= 0.6 is 0 Å². The zero-order valence-corrected chi connectivity index (χ0v) is 15.0. The first-order chi connectivity index (χ1) is 13.1. The topological polar surface area (TPSA) is 104 Å². The minimum absolute atomic E-state index is 0.0699. The zero-order valence-electron chi connectivity index (χ0n) is 15.0. The van der Waals surface area contributed by atoms with E-state index in [0.29, 0.717) is 38.5 Å². The van der Waals surface area contributed by atoms with Crippen LogP contribution in [-0.4, -0.2) is 59.8 Å². The smallest absolute Gasteiger partial charge is 0.289 e. The number of aliphatic imine (C=N–C) groups is 1. The Morgan fingerprint density at radius 3 is 2.41 bits per heavy atom. The summed E-state index contributed by atoms with van der Waals surface area (Å²) in [6, 6.07) is 9.78.